The smallest absolute Gasteiger partial charge is 0.340 e. The Morgan fingerprint density at radius 2 is 1.62 bits per heavy atom. The number of nitrogens with zero attached hydrogens (tertiary/aromatic N) is 3. The second kappa shape index (κ2) is 11.4. The average molecular weight is 579 g/mol. The van der Waals surface area contributed by atoms with Gasteiger partial charge in [0.25, 0.3) is 5.91 Å². The summed E-state index contributed by atoms with van der Waals surface area (Å²) in [6, 6.07) is 10.4. The zero-order valence-electron chi connectivity index (χ0n) is 21.6. The summed E-state index contributed by atoms with van der Waals surface area (Å²) in [5, 5.41) is 0.535. The van der Waals surface area contributed by atoms with Gasteiger partial charge in [-0.05, 0) is 60.4 Å². The molecule has 0 fully saturated rings. The summed E-state index contributed by atoms with van der Waals surface area (Å²) >= 11 is 1.43. The third kappa shape index (κ3) is 6.67. The zero-order valence-corrected chi connectivity index (χ0v) is 22.4. The topological polar surface area (TPSA) is 61.9 Å². The molecule has 0 aliphatic carbocycles. The van der Waals surface area contributed by atoms with Crippen LogP contribution in [-0.2, 0) is 18.9 Å². The van der Waals surface area contributed by atoms with E-state index in [9.17, 15) is 31.1 Å². The van der Waals surface area contributed by atoms with Crippen molar-refractivity contribution in [1.82, 2.24) is 19.9 Å². The van der Waals surface area contributed by atoms with E-state index in [1.165, 1.54) is 25.0 Å². The van der Waals surface area contributed by atoms with E-state index in [1.54, 1.807) is 18.5 Å². The van der Waals surface area contributed by atoms with Gasteiger partial charge in [-0.2, -0.15) is 26.3 Å². The lowest BCUT2D eigenvalue weighted by Crippen LogP contribution is -2.27. The van der Waals surface area contributed by atoms with Crippen LogP contribution in [0.15, 0.2) is 72.3 Å². The second-order valence-corrected chi connectivity index (χ2v) is 10.5. The Kier molecular flexibility index (Phi) is 8.29. The summed E-state index contributed by atoms with van der Waals surface area (Å²) in [5.74, 6) is -0.602. The van der Waals surface area contributed by atoms with Crippen LogP contribution in [0.2, 0.25) is 0 Å². The fourth-order valence-corrected chi connectivity index (χ4v) is 5.01. The molecule has 210 valence electrons. The van der Waals surface area contributed by atoms with E-state index in [1.807, 2.05) is 38.1 Å². The highest BCUT2D eigenvalue weighted by molar-refractivity contribution is 7.99. The van der Waals surface area contributed by atoms with E-state index in [-0.39, 0.29) is 22.4 Å². The third-order valence-electron chi connectivity index (χ3n) is 6.18. The van der Waals surface area contributed by atoms with Crippen LogP contribution in [0.4, 0.5) is 26.3 Å². The number of alkyl halides is 6. The normalized spacial score (nSPS) is 12.8. The van der Waals surface area contributed by atoms with Crippen LogP contribution < -0.4 is 0 Å². The first-order chi connectivity index (χ1) is 18.7. The highest BCUT2D eigenvalue weighted by Crippen LogP contribution is 2.38. The maximum atomic E-state index is 13.6. The van der Waals surface area contributed by atoms with Gasteiger partial charge in [-0.15, -0.1) is 0 Å². The van der Waals surface area contributed by atoms with E-state index in [0.717, 1.165) is 16.0 Å². The van der Waals surface area contributed by atoms with Crippen LogP contribution in [0.1, 0.15) is 50.5 Å². The molecule has 0 bridgehead atoms. The number of aromatic amines is 1. The largest absolute Gasteiger partial charge is 0.416 e. The summed E-state index contributed by atoms with van der Waals surface area (Å²) in [6.45, 7) is 3.32. The Morgan fingerprint density at radius 1 is 0.975 bits per heavy atom. The molecule has 2 aromatic carbocycles. The molecular weight excluding hydrogens is 554 g/mol. The number of thioether (sulfide) groups is 1. The predicted octanol–water partition coefficient (Wildman–Crippen LogP) is 7.94. The number of hydrogen-bond donors (Lipinski definition) is 1. The van der Waals surface area contributed by atoms with Gasteiger partial charge in [-0.25, -0.2) is 4.98 Å². The minimum Gasteiger partial charge on any atom is -0.340 e. The van der Waals surface area contributed by atoms with Crippen LogP contribution in [0.3, 0.4) is 0 Å². The van der Waals surface area contributed by atoms with Crippen LogP contribution in [0.5, 0.6) is 0 Å². The lowest BCUT2D eigenvalue weighted by molar-refractivity contribution is -0.143. The molecule has 4 aromatic rings. The van der Waals surface area contributed by atoms with E-state index in [2.05, 4.69) is 15.0 Å². The van der Waals surface area contributed by atoms with Crippen molar-refractivity contribution in [3.63, 3.8) is 0 Å². The van der Waals surface area contributed by atoms with Gasteiger partial charge in [0.1, 0.15) is 0 Å². The van der Waals surface area contributed by atoms with Gasteiger partial charge in [0, 0.05) is 32.2 Å². The standard InChI is InChI=1S/C28H24F6N4OS/c1-16-6-4-5-7-21(16)22-13-24(17(2)40-26-35-8-9-36-26)37-14-23(22)25(39)38(3)15-18-10-19(27(29,30)31)12-20(11-18)28(32,33)34/h4-14,17H,15H2,1-3H3,(H,35,36). The van der Waals surface area contributed by atoms with Crippen molar-refractivity contribution in [2.45, 2.75) is 43.2 Å². The average Bonchev–Trinajstić information content (AvgIpc) is 3.40. The number of carbonyl (C=O) groups excluding carboxylic acids is 1. The van der Waals surface area contributed by atoms with E-state index >= 15 is 0 Å². The van der Waals surface area contributed by atoms with Crippen LogP contribution in [0, 0.1) is 6.92 Å². The first-order valence-electron chi connectivity index (χ1n) is 12.0. The van der Waals surface area contributed by atoms with Gasteiger partial charge in [-0.3, -0.25) is 9.78 Å². The highest BCUT2D eigenvalue weighted by atomic mass is 32.2. The van der Waals surface area contributed by atoms with Crippen molar-refractivity contribution in [1.29, 1.82) is 0 Å². The molecule has 0 radical (unpaired) electrons. The summed E-state index contributed by atoms with van der Waals surface area (Å²) in [4.78, 5) is 26.3. The molecule has 5 nitrogen and oxygen atoms in total. The Morgan fingerprint density at radius 3 is 2.20 bits per heavy atom. The minimum absolute atomic E-state index is 0.0617. The molecule has 0 saturated carbocycles. The Balaban J connectivity index is 1.70. The number of amides is 1. The molecule has 0 saturated heterocycles. The van der Waals surface area contributed by atoms with Gasteiger partial charge >= 0.3 is 12.4 Å². The van der Waals surface area contributed by atoms with E-state index < -0.39 is 35.9 Å². The molecule has 0 spiro atoms. The predicted molar refractivity (Wildman–Crippen MR) is 140 cm³/mol. The van der Waals surface area contributed by atoms with Crippen LogP contribution in [0.25, 0.3) is 11.1 Å². The molecule has 0 aliphatic heterocycles. The van der Waals surface area contributed by atoms with Gasteiger partial charge < -0.3 is 9.88 Å². The fraction of sp³-hybridized carbons (Fsp3) is 0.250. The number of rotatable bonds is 7. The number of carbonyl (C=O) groups is 1. The summed E-state index contributed by atoms with van der Waals surface area (Å²) in [5.41, 5.74) is -0.187. The molecule has 1 N–H and O–H groups in total. The fourth-order valence-electron chi connectivity index (χ4n) is 4.17. The first kappa shape index (κ1) is 29.2. The lowest BCUT2D eigenvalue weighted by atomic mass is 9.95. The van der Waals surface area contributed by atoms with Gasteiger partial charge in [-0.1, -0.05) is 36.0 Å². The maximum absolute atomic E-state index is 13.6. The molecule has 1 atom stereocenters. The van der Waals surface area contributed by atoms with Gasteiger partial charge in [0.15, 0.2) is 5.16 Å². The number of H-pyrrole nitrogens is 1. The SMILES string of the molecule is Cc1ccccc1-c1cc(C(C)Sc2ncc[nH]2)ncc1C(=O)N(C)Cc1cc(C(F)(F)F)cc(C(F)(F)F)c1. The molecular formula is C28H24F6N4OS. The van der Waals surface area contributed by atoms with Crippen molar-refractivity contribution in [3.8, 4) is 11.1 Å². The van der Waals surface area contributed by atoms with Gasteiger partial charge in [0.05, 0.1) is 27.6 Å². The number of benzene rings is 2. The monoisotopic (exact) mass is 578 g/mol. The van der Waals surface area contributed by atoms with Crippen molar-refractivity contribution in [2.24, 2.45) is 0 Å². The molecule has 0 aliphatic rings. The minimum atomic E-state index is -4.99. The van der Waals surface area contributed by atoms with Gasteiger partial charge in [0.2, 0.25) is 0 Å². The molecule has 1 unspecified atom stereocenters. The number of aromatic nitrogens is 3. The van der Waals surface area contributed by atoms with E-state index in [0.29, 0.717) is 28.5 Å². The van der Waals surface area contributed by atoms with Crippen LogP contribution >= 0.6 is 11.8 Å². The molecule has 40 heavy (non-hydrogen) atoms. The van der Waals surface area contributed by atoms with Crippen molar-refractivity contribution in [2.75, 3.05) is 7.05 Å². The number of imidazole rings is 1. The number of nitrogens with one attached hydrogen (secondary N) is 1. The second-order valence-electron chi connectivity index (χ2n) is 9.20. The van der Waals surface area contributed by atoms with E-state index in [4.69, 9.17) is 0 Å². The zero-order chi connectivity index (χ0) is 29.2. The summed E-state index contributed by atoms with van der Waals surface area (Å²) < 4.78 is 80.0. The van der Waals surface area contributed by atoms with Crippen molar-refractivity contribution in [3.05, 3.63) is 101 Å². The maximum Gasteiger partial charge on any atom is 0.416 e. The molecule has 4 rings (SSSR count). The molecule has 2 aromatic heterocycles. The summed E-state index contributed by atoms with van der Waals surface area (Å²) in [6.07, 6.45) is -5.26. The third-order valence-corrected chi connectivity index (χ3v) is 7.22. The Hall–Kier alpha value is -3.80. The van der Waals surface area contributed by atoms with Crippen LogP contribution in [-0.4, -0.2) is 32.8 Å². The number of pyridine rings is 1. The molecule has 1 amide bonds. The Bertz CT molecular complexity index is 1470. The highest BCUT2D eigenvalue weighted by Gasteiger charge is 2.37. The lowest BCUT2D eigenvalue weighted by Gasteiger charge is -2.22. The summed E-state index contributed by atoms with van der Waals surface area (Å²) in [7, 11) is 1.32. The number of halogens is 6. The first-order valence-corrected chi connectivity index (χ1v) is 12.9. The quantitative estimate of drug-likeness (QED) is 0.179. The van der Waals surface area contributed by atoms with Crippen molar-refractivity contribution >= 4 is 17.7 Å². The van der Waals surface area contributed by atoms with Crippen molar-refractivity contribution < 1.29 is 31.1 Å². The number of hydrogen-bond acceptors (Lipinski definition) is 4. The Labute approximate surface area is 230 Å². The molecule has 2 heterocycles. The number of aryl methyl sites for hydroxylation is 1. The molecule has 12 heteroatoms.